The molecule has 127 heavy (non-hydrogen) atoms. The summed E-state index contributed by atoms with van der Waals surface area (Å²) in [6.45, 7) is 0.899. The SMILES string of the molecule is CCCCCCCCCCC(=O)N[C@@H](Cc1c[nH]c2ccccc12)C(=O)N[C@H](CC(N)=O)C(=O)N[C@@H](CC(=O)O)C(=O)N[C@@H]1C(=O)NCC(=O)N[C@@H](CCCNC(=O)OC2/C=C/CCCCC2)C(=O)N[C@@H](CC(=O)O)C(=O)N[C@H](C)C(=O)N[C@@H](CC(=O)O)C(=O)NCC(=O)N[C@H](CO)C(=O)N[C@@H](C(C)CC(=O)O)C(=O)N[C@@H](CC(=O)c2ccccc2N)C(=O)O[C@@H]1C. The third kappa shape index (κ3) is 37.0. The number of anilines is 1. The van der Waals surface area contributed by atoms with E-state index in [0.29, 0.717) is 35.7 Å². The normalized spacial score (nSPS) is 21.8. The fourth-order valence-corrected chi connectivity index (χ4v) is 13.5. The van der Waals surface area contributed by atoms with E-state index in [2.05, 4.69) is 70.4 Å². The van der Waals surface area contributed by atoms with E-state index in [1.54, 1.807) is 36.5 Å². The van der Waals surface area contributed by atoms with E-state index in [1.807, 2.05) is 22.0 Å². The number of cyclic esters (lactones) is 1. The predicted octanol–water partition coefficient (Wildman–Crippen LogP) is -2.58. The van der Waals surface area contributed by atoms with Crippen LogP contribution < -0.4 is 85.9 Å². The largest absolute Gasteiger partial charge is 0.481 e. The topological polar surface area (TPSA) is 714 Å². The number of esters is 1. The third-order valence-corrected chi connectivity index (χ3v) is 20.3. The highest BCUT2D eigenvalue weighted by atomic mass is 16.6. The number of rotatable bonds is 38. The second-order valence-corrected chi connectivity index (χ2v) is 30.8. The Balaban J connectivity index is 1.63. The van der Waals surface area contributed by atoms with Gasteiger partial charge in [0.1, 0.15) is 78.7 Å². The number of amides is 15. The number of allylic oxidation sites excluding steroid dienone is 1. The van der Waals surface area contributed by atoms with Crippen molar-refractivity contribution in [1.29, 1.82) is 0 Å². The number of aliphatic hydroxyl groups excluding tert-OH is 1. The number of aliphatic hydroxyl groups is 1. The number of Topliss-reactive ketones (excluding diaryl/α,β-unsaturated/α-hetero) is 1. The van der Waals surface area contributed by atoms with Crippen LogP contribution >= 0.6 is 0 Å². The minimum Gasteiger partial charge on any atom is -0.481 e. The van der Waals surface area contributed by atoms with Crippen molar-refractivity contribution in [3.05, 3.63) is 78.0 Å². The number of hydrogen-bond acceptors (Lipinski definition) is 25. The highest BCUT2D eigenvalue weighted by Crippen LogP contribution is 2.22. The Morgan fingerprint density at radius 2 is 1.14 bits per heavy atom. The van der Waals surface area contributed by atoms with Gasteiger partial charge in [-0.1, -0.05) is 102 Å². The number of aliphatic carboxylic acids is 4. The van der Waals surface area contributed by atoms with Gasteiger partial charge in [-0.25, -0.2) is 9.59 Å². The van der Waals surface area contributed by atoms with Gasteiger partial charge in [-0.2, -0.15) is 0 Å². The molecule has 0 bridgehead atoms. The summed E-state index contributed by atoms with van der Waals surface area (Å²) in [7, 11) is 0. The quantitative estimate of drug-likeness (QED) is 0.00921. The van der Waals surface area contributed by atoms with E-state index in [4.69, 9.17) is 20.9 Å². The summed E-state index contributed by atoms with van der Waals surface area (Å²) in [5, 5.41) is 81.9. The van der Waals surface area contributed by atoms with E-state index in [1.165, 1.54) is 24.3 Å². The van der Waals surface area contributed by atoms with Gasteiger partial charge < -0.3 is 126 Å². The number of aromatic nitrogens is 1. The molecule has 2 heterocycles. The lowest BCUT2D eigenvalue weighted by molar-refractivity contribution is -0.156. The molecule has 1 aliphatic heterocycles. The fourth-order valence-electron chi connectivity index (χ4n) is 13.5. The molecule has 2 aromatic carbocycles. The third-order valence-electron chi connectivity index (χ3n) is 20.3. The Bertz CT molecular complexity index is 4460. The van der Waals surface area contributed by atoms with Gasteiger partial charge in [-0.05, 0) is 94.5 Å². The summed E-state index contributed by atoms with van der Waals surface area (Å²) in [6.07, 6.45) is 4.04. The van der Waals surface area contributed by atoms with Gasteiger partial charge in [0.05, 0.1) is 51.8 Å². The molecule has 0 saturated carbocycles. The minimum absolute atomic E-state index is 0.0280. The second kappa shape index (κ2) is 53.5. The van der Waals surface area contributed by atoms with Crippen LogP contribution in [0.4, 0.5) is 10.5 Å². The number of alkyl carbamates (subject to hydrolysis) is 1. The van der Waals surface area contributed by atoms with Crippen LogP contribution in [-0.2, 0) is 107 Å². The number of carboxylic acids is 4. The van der Waals surface area contributed by atoms with Gasteiger partial charge in [0.15, 0.2) is 5.78 Å². The number of aromatic amines is 1. The van der Waals surface area contributed by atoms with Gasteiger partial charge >= 0.3 is 35.9 Å². The molecular weight excluding hydrogens is 1670 g/mol. The van der Waals surface area contributed by atoms with E-state index in [9.17, 15) is 126 Å². The van der Waals surface area contributed by atoms with Crippen LogP contribution in [0.2, 0.25) is 0 Å². The molecule has 24 N–H and O–H groups in total. The summed E-state index contributed by atoms with van der Waals surface area (Å²) < 4.78 is 11.3. The molecule has 1 fully saturated rings. The Labute approximate surface area is 728 Å². The highest BCUT2D eigenvalue weighted by molar-refractivity contribution is 6.05. The number of para-hydroxylation sites is 2. The average Bonchev–Trinajstić information content (AvgIpc) is 1.70. The standard InChI is InChI=1S/C82H115N17O28/c1-5-6-7-8-9-10-14-17-30-62(103)91-53(33-46-39-86-51-28-21-19-25-48(46)51)75(118)94-54(35-61(84)102)76(119)96-57(38-68(112)113)77(120)99-70-45(4)126-81(124)58(34-60(101)49-26-18-20-27-50(49)83)97-80(123)69(43(2)32-65(106)107)98-78(121)59(42-100)92-64(105)40-87-72(115)55(36-66(108)109)93-71(114)44(3)89-74(117)56(37-67(110)111)95-73(116)52(90-63(104)41-88-79(70)122)29-22-31-85-82(125)127-47-23-15-12-11-13-16-24-47/h15,18-21,23,25-28,39,43-45,47,52-59,69-70,86,100H,5-14,16-17,22,24,29-38,40-42,83H2,1-4H3,(H2,84,102)(H,85,125)(H,87,115)(H,88,122)(H,89,117)(H,90,104)(H,91,103)(H,92,105)(H,93,114)(H,94,118)(H,95,116)(H,96,119)(H,97,123)(H,98,121)(H,99,120)(H,106,107)(H,108,109)(H,110,111)(H,112,113)/b23-15+/t43?,44-,45-,47?,52+,53+,54-,55+,56+,57+,58+,59-,69+,70+/m1/s1. The number of fused-ring (bicyclic) bond motifs is 1. The first-order chi connectivity index (χ1) is 60.3. The monoisotopic (exact) mass is 1790 g/mol. The number of carboxylic acid groups (broad SMARTS) is 4. The van der Waals surface area contributed by atoms with Crippen molar-refractivity contribution in [2.24, 2.45) is 11.7 Å². The number of H-pyrrole nitrogens is 1. The Kier molecular flexibility index (Phi) is 43.8. The van der Waals surface area contributed by atoms with Crippen molar-refractivity contribution in [2.75, 3.05) is 32.0 Å². The van der Waals surface area contributed by atoms with Crippen LogP contribution in [0.1, 0.15) is 185 Å². The number of ether oxygens (including phenoxy) is 2. The minimum atomic E-state index is -2.49. The summed E-state index contributed by atoms with van der Waals surface area (Å²) in [5.74, 6) is -30.2. The molecule has 0 radical (unpaired) electrons. The van der Waals surface area contributed by atoms with Crippen molar-refractivity contribution in [1.82, 2.24) is 79.4 Å². The number of carbonyl (C=O) groups is 21. The van der Waals surface area contributed by atoms with Gasteiger partial charge in [-0.15, -0.1) is 0 Å². The number of carbonyl (C=O) groups excluding carboxylic acids is 17. The van der Waals surface area contributed by atoms with Crippen molar-refractivity contribution < 1.29 is 136 Å². The van der Waals surface area contributed by atoms with Gasteiger partial charge in [0, 0.05) is 54.2 Å². The number of benzene rings is 2. The molecule has 5 rings (SSSR count). The number of hydrogen-bond donors (Lipinski definition) is 22. The number of primary amides is 1. The first-order valence-corrected chi connectivity index (χ1v) is 41.6. The molecule has 3 aromatic rings. The molecule has 15 amide bonds. The summed E-state index contributed by atoms with van der Waals surface area (Å²) in [5.41, 5.74) is 12.4. The molecular formula is C82H115N17O28. The molecule has 2 unspecified atom stereocenters. The van der Waals surface area contributed by atoms with Gasteiger partial charge in [0.2, 0.25) is 82.7 Å². The molecule has 14 atom stereocenters. The maximum absolute atomic E-state index is 15.0. The maximum atomic E-state index is 15.0. The fraction of sp³-hybridized carbons (Fsp3) is 0.549. The number of nitrogen functional groups attached to an aromatic ring is 1. The van der Waals surface area contributed by atoms with Crippen molar-refractivity contribution in [2.45, 2.75) is 254 Å². The molecule has 1 aromatic heterocycles. The summed E-state index contributed by atoms with van der Waals surface area (Å²) in [4.78, 5) is 293. The highest BCUT2D eigenvalue weighted by Gasteiger charge is 2.41. The lowest BCUT2D eigenvalue weighted by atomic mass is 9.96. The van der Waals surface area contributed by atoms with E-state index in [0.717, 1.165) is 85.0 Å². The Hall–Kier alpha value is -13.7. The molecule has 45 nitrogen and oxygen atoms in total. The van der Waals surface area contributed by atoms with Crippen LogP contribution in [0.15, 0.2) is 66.9 Å². The van der Waals surface area contributed by atoms with Gasteiger partial charge in [-0.3, -0.25) is 91.1 Å². The number of unbranched alkanes of at least 4 members (excludes halogenated alkanes) is 7. The number of nitrogens with two attached hydrogens (primary N) is 2. The van der Waals surface area contributed by atoms with Crippen LogP contribution in [0.25, 0.3) is 10.9 Å². The Morgan fingerprint density at radius 3 is 1.78 bits per heavy atom. The van der Waals surface area contributed by atoms with E-state index < -0.39 is 274 Å². The molecule has 1 aliphatic carbocycles. The van der Waals surface area contributed by atoms with Gasteiger partial charge in [0.25, 0.3) is 0 Å². The van der Waals surface area contributed by atoms with Crippen molar-refractivity contribution >= 4 is 141 Å². The van der Waals surface area contributed by atoms with Crippen LogP contribution in [-0.4, -0.2) is 260 Å². The second-order valence-electron chi connectivity index (χ2n) is 30.8. The first-order valence-electron chi connectivity index (χ1n) is 41.6. The zero-order valence-corrected chi connectivity index (χ0v) is 70.8. The lowest BCUT2D eigenvalue weighted by Gasteiger charge is -2.30. The molecule has 2 aliphatic rings. The van der Waals surface area contributed by atoms with Crippen LogP contribution in [0.5, 0.6) is 0 Å². The zero-order chi connectivity index (χ0) is 94.0. The number of nitrogens with one attached hydrogen (secondary N) is 15. The average molecular weight is 1790 g/mol. The predicted molar refractivity (Wildman–Crippen MR) is 446 cm³/mol. The smallest absolute Gasteiger partial charge is 0.407 e. The van der Waals surface area contributed by atoms with Crippen molar-refractivity contribution in [3.8, 4) is 0 Å². The maximum Gasteiger partial charge on any atom is 0.407 e. The van der Waals surface area contributed by atoms with E-state index >= 15 is 0 Å². The molecule has 696 valence electrons. The van der Waals surface area contributed by atoms with Crippen LogP contribution in [0, 0.1) is 5.92 Å². The van der Waals surface area contributed by atoms with Crippen molar-refractivity contribution in [3.63, 3.8) is 0 Å². The Morgan fingerprint density at radius 1 is 0.567 bits per heavy atom. The van der Waals surface area contributed by atoms with E-state index in [-0.39, 0.29) is 37.1 Å². The lowest BCUT2D eigenvalue weighted by Crippen LogP contribution is -2.62. The number of ketones is 1. The molecule has 1 saturated heterocycles. The summed E-state index contributed by atoms with van der Waals surface area (Å²) in [6, 6.07) is -11.0. The zero-order valence-electron chi connectivity index (χ0n) is 70.8. The first kappa shape index (κ1) is 104. The molecule has 0 spiro atoms. The molecule has 45 heteroatoms. The van der Waals surface area contributed by atoms with Crippen LogP contribution in [0.3, 0.4) is 0 Å². The summed E-state index contributed by atoms with van der Waals surface area (Å²) >= 11 is 0.